The number of hydrogen-bond donors (Lipinski definition) is 8. The van der Waals surface area contributed by atoms with Crippen LogP contribution < -0.4 is 38.1 Å². The second kappa shape index (κ2) is 16.2. The van der Waals surface area contributed by atoms with Crippen LogP contribution in [0.5, 0.6) is 0 Å². The molecule has 10 N–H and O–H groups in total. The van der Waals surface area contributed by atoms with Crippen molar-refractivity contribution < 1.29 is 33.9 Å². The van der Waals surface area contributed by atoms with Crippen molar-refractivity contribution in [3.8, 4) is 0 Å². The van der Waals surface area contributed by atoms with Crippen LogP contribution >= 0.6 is 21.6 Å². The number of aliphatic carboxylic acids is 1. The third kappa shape index (κ3) is 11.4. The van der Waals surface area contributed by atoms with Crippen LogP contribution in [0.4, 0.5) is 5.69 Å². The van der Waals surface area contributed by atoms with E-state index in [0.717, 1.165) is 0 Å². The zero-order valence-corrected chi connectivity index (χ0v) is 23.2. The minimum absolute atomic E-state index is 0.0993. The smallest absolute Gasteiger partial charge is 0.305 e. The van der Waals surface area contributed by atoms with E-state index >= 15 is 0 Å². The van der Waals surface area contributed by atoms with Crippen LogP contribution in [0.1, 0.15) is 26.2 Å². The van der Waals surface area contributed by atoms with Crippen LogP contribution in [-0.2, 0) is 28.8 Å². The number of fused-ring (bicyclic) bond motifs is 1. The van der Waals surface area contributed by atoms with Crippen molar-refractivity contribution in [2.75, 3.05) is 24.2 Å². The second-order valence-corrected chi connectivity index (χ2v) is 10.9. The maximum atomic E-state index is 13.1. The molecule has 40 heavy (non-hydrogen) atoms. The summed E-state index contributed by atoms with van der Waals surface area (Å²) < 4.78 is 0. The lowest BCUT2D eigenvalue weighted by Crippen LogP contribution is -2.55. The van der Waals surface area contributed by atoms with Crippen molar-refractivity contribution in [2.24, 2.45) is 16.5 Å². The molecular weight excluding hydrogens is 564 g/mol. The molecule has 0 aromatic heterocycles. The first-order valence-corrected chi connectivity index (χ1v) is 14.4. The Morgan fingerprint density at radius 3 is 2.48 bits per heavy atom. The fraction of sp³-hybridized carbons (Fsp3) is 0.435. The highest BCUT2D eigenvalue weighted by atomic mass is 33.1. The standard InChI is InChI=1S/C23H32N8O7S2/c1-12(32)28-16-11-39-40-17-7-3-2-5-13(17)30-21(37)15(9-19(34)35)29-18(33)10-27-20(36)14(31-22(16)38)6-4-8-26-23(24)25/h2-3,5,7,14-16H,4,6,8-11H2,1H3,(H,27,36)(H,28,32)(H,29,33)(H,30,37)(H,31,38)(H,34,35)(H4,24,25,26)/t14-,15?,16?/m0/s1. The van der Waals surface area contributed by atoms with Crippen LogP contribution in [0.15, 0.2) is 34.2 Å². The van der Waals surface area contributed by atoms with Gasteiger partial charge in [0, 0.05) is 24.1 Å². The number of nitrogens with one attached hydrogen (secondary N) is 5. The van der Waals surface area contributed by atoms with Crippen LogP contribution in [-0.4, -0.2) is 83.5 Å². The number of carbonyl (C=O) groups is 6. The number of hydrogen-bond acceptors (Lipinski definition) is 9. The summed E-state index contributed by atoms with van der Waals surface area (Å²) in [5.74, 6) is -4.74. The molecule has 0 radical (unpaired) electrons. The van der Waals surface area contributed by atoms with Crippen LogP contribution in [0.3, 0.4) is 0 Å². The lowest BCUT2D eigenvalue weighted by atomic mass is 10.1. The summed E-state index contributed by atoms with van der Waals surface area (Å²) in [4.78, 5) is 79.1. The predicted molar refractivity (Wildman–Crippen MR) is 150 cm³/mol. The molecule has 0 bridgehead atoms. The van der Waals surface area contributed by atoms with Crippen molar-refractivity contribution in [1.82, 2.24) is 21.3 Å². The Kier molecular flexibility index (Phi) is 13.0. The van der Waals surface area contributed by atoms with Gasteiger partial charge in [0.2, 0.25) is 29.5 Å². The Balaban J connectivity index is 2.35. The van der Waals surface area contributed by atoms with E-state index in [9.17, 15) is 33.9 Å². The van der Waals surface area contributed by atoms with Crippen molar-refractivity contribution in [3.63, 3.8) is 0 Å². The average Bonchev–Trinajstić information content (AvgIpc) is 2.87. The molecule has 2 unspecified atom stereocenters. The molecule has 3 atom stereocenters. The highest BCUT2D eigenvalue weighted by Gasteiger charge is 2.28. The Hall–Kier alpha value is -3.99. The number of rotatable bonds is 7. The number of carbonyl (C=O) groups excluding carboxylic acids is 5. The van der Waals surface area contributed by atoms with E-state index in [2.05, 4.69) is 31.6 Å². The Morgan fingerprint density at radius 1 is 1.07 bits per heavy atom. The first kappa shape index (κ1) is 32.2. The molecule has 1 heterocycles. The van der Waals surface area contributed by atoms with E-state index in [-0.39, 0.29) is 24.7 Å². The number of guanidine groups is 1. The molecule has 1 aromatic carbocycles. The van der Waals surface area contributed by atoms with E-state index < -0.39 is 66.6 Å². The molecule has 0 aliphatic carbocycles. The van der Waals surface area contributed by atoms with Gasteiger partial charge in [-0.05, 0) is 25.0 Å². The van der Waals surface area contributed by atoms with E-state index in [1.807, 2.05) is 0 Å². The fourth-order valence-corrected chi connectivity index (χ4v) is 5.76. The largest absolute Gasteiger partial charge is 0.481 e. The number of nitrogens with two attached hydrogens (primary N) is 2. The van der Waals surface area contributed by atoms with Gasteiger partial charge in [-0.2, -0.15) is 0 Å². The number of para-hydroxylation sites is 1. The summed E-state index contributed by atoms with van der Waals surface area (Å²) in [6.07, 6.45) is -0.297. The fourth-order valence-electron chi connectivity index (χ4n) is 3.42. The zero-order chi connectivity index (χ0) is 29.7. The summed E-state index contributed by atoms with van der Waals surface area (Å²) in [5, 5.41) is 21.7. The average molecular weight is 597 g/mol. The van der Waals surface area contributed by atoms with E-state index in [0.29, 0.717) is 17.0 Å². The molecule has 17 heteroatoms. The second-order valence-electron chi connectivity index (χ2n) is 8.55. The first-order chi connectivity index (χ1) is 19.0. The number of carboxylic acids is 1. The molecule has 0 fully saturated rings. The Labute approximate surface area is 237 Å². The number of carboxylic acid groups (broad SMARTS) is 1. The highest BCUT2D eigenvalue weighted by molar-refractivity contribution is 8.76. The number of amides is 5. The maximum absolute atomic E-state index is 13.1. The van der Waals surface area contributed by atoms with Gasteiger partial charge >= 0.3 is 5.97 Å². The van der Waals surface area contributed by atoms with E-state index in [1.54, 1.807) is 24.3 Å². The van der Waals surface area contributed by atoms with Gasteiger partial charge in [-0.25, -0.2) is 0 Å². The molecule has 0 saturated heterocycles. The number of nitrogens with zero attached hydrogens (tertiary/aromatic N) is 1. The van der Waals surface area contributed by atoms with E-state index in [4.69, 9.17) is 11.5 Å². The summed E-state index contributed by atoms with van der Waals surface area (Å²) in [7, 11) is 2.42. The lowest BCUT2D eigenvalue weighted by molar-refractivity contribution is -0.140. The number of aliphatic imine (C=N–C) groups is 1. The summed E-state index contributed by atoms with van der Waals surface area (Å²) in [6, 6.07) is 3.13. The third-order valence-corrected chi connectivity index (χ3v) is 7.68. The van der Waals surface area contributed by atoms with Gasteiger partial charge < -0.3 is 43.2 Å². The maximum Gasteiger partial charge on any atom is 0.305 e. The van der Waals surface area contributed by atoms with Crippen LogP contribution in [0.2, 0.25) is 0 Å². The Morgan fingerprint density at radius 2 is 1.80 bits per heavy atom. The van der Waals surface area contributed by atoms with Gasteiger partial charge in [0.25, 0.3) is 0 Å². The first-order valence-electron chi connectivity index (χ1n) is 12.1. The number of anilines is 1. The van der Waals surface area contributed by atoms with Gasteiger partial charge in [0.15, 0.2) is 5.96 Å². The zero-order valence-electron chi connectivity index (χ0n) is 21.6. The molecular formula is C23H32N8O7S2. The summed E-state index contributed by atoms with van der Waals surface area (Å²) >= 11 is 0. The van der Waals surface area contributed by atoms with Gasteiger partial charge in [0.05, 0.1) is 18.7 Å². The monoisotopic (exact) mass is 596 g/mol. The normalized spacial score (nSPS) is 20.9. The van der Waals surface area contributed by atoms with Gasteiger partial charge in [-0.3, -0.25) is 33.8 Å². The number of benzene rings is 1. The molecule has 2 rings (SSSR count). The molecule has 5 amide bonds. The van der Waals surface area contributed by atoms with Gasteiger partial charge in [0.1, 0.15) is 18.1 Å². The van der Waals surface area contributed by atoms with Crippen LogP contribution in [0, 0.1) is 0 Å². The van der Waals surface area contributed by atoms with Crippen molar-refractivity contribution in [2.45, 2.75) is 49.2 Å². The minimum Gasteiger partial charge on any atom is -0.481 e. The quantitative estimate of drug-likeness (QED) is 0.0778. The molecule has 0 spiro atoms. The van der Waals surface area contributed by atoms with Gasteiger partial charge in [-0.15, -0.1) is 0 Å². The van der Waals surface area contributed by atoms with Crippen LogP contribution in [0.25, 0.3) is 0 Å². The summed E-state index contributed by atoms with van der Waals surface area (Å²) in [6.45, 7) is 0.833. The highest BCUT2D eigenvalue weighted by Crippen LogP contribution is 2.36. The minimum atomic E-state index is -1.43. The molecule has 218 valence electrons. The lowest BCUT2D eigenvalue weighted by Gasteiger charge is -2.22. The molecule has 1 aromatic rings. The summed E-state index contributed by atoms with van der Waals surface area (Å²) in [5.41, 5.74) is 11.0. The predicted octanol–water partition coefficient (Wildman–Crippen LogP) is -1.50. The Bertz CT molecular complexity index is 1150. The van der Waals surface area contributed by atoms with E-state index in [1.165, 1.54) is 28.5 Å². The third-order valence-electron chi connectivity index (χ3n) is 5.25. The molecule has 1 aliphatic heterocycles. The SMILES string of the molecule is CC(=O)NC1CSSc2ccccc2NC(=O)C(CC(=O)O)NC(=O)CNC(=O)[C@H](CCCN=C(N)N)NC1=O. The topological polar surface area (TPSA) is 247 Å². The van der Waals surface area contributed by atoms with Crippen molar-refractivity contribution in [3.05, 3.63) is 24.3 Å². The molecule has 0 saturated carbocycles. The van der Waals surface area contributed by atoms with Gasteiger partial charge in [-0.1, -0.05) is 33.7 Å². The van der Waals surface area contributed by atoms with Crippen molar-refractivity contribution >= 4 is 68.7 Å². The molecule has 1 aliphatic rings. The molecule has 15 nitrogen and oxygen atoms in total. The van der Waals surface area contributed by atoms with Crippen molar-refractivity contribution in [1.29, 1.82) is 0 Å².